The molecule has 0 radical (unpaired) electrons. The second-order valence-electron chi connectivity index (χ2n) is 7.80. The van der Waals surface area contributed by atoms with Crippen LogP contribution in [0.3, 0.4) is 0 Å². The van der Waals surface area contributed by atoms with Crippen molar-refractivity contribution in [3.8, 4) is 17.2 Å². The molecule has 0 aliphatic carbocycles. The van der Waals surface area contributed by atoms with Crippen molar-refractivity contribution in [2.45, 2.75) is 33.8 Å². The monoisotopic (exact) mass is 483 g/mol. The summed E-state index contributed by atoms with van der Waals surface area (Å²) in [4.78, 5) is 15.2. The van der Waals surface area contributed by atoms with E-state index in [-0.39, 0.29) is 11.7 Å². The van der Waals surface area contributed by atoms with Crippen LogP contribution in [-0.4, -0.2) is 23.3 Å². The van der Waals surface area contributed by atoms with Crippen molar-refractivity contribution < 1.29 is 22.7 Å². The third-order valence-corrected chi connectivity index (χ3v) is 5.53. The smallest absolute Gasteiger partial charge is 0.306 e. The summed E-state index contributed by atoms with van der Waals surface area (Å²) in [6, 6.07) is 18.1. The Hall–Kier alpha value is -3.56. The molecule has 2 atom stereocenters. The average molecular weight is 484 g/mol. The third kappa shape index (κ3) is 6.97. The molecular formula is C25H29N3O5S. The van der Waals surface area contributed by atoms with Gasteiger partial charge in [0.1, 0.15) is 5.75 Å². The van der Waals surface area contributed by atoms with E-state index in [4.69, 9.17) is 13.7 Å². The molecule has 3 N–H and O–H groups in total. The molecule has 0 saturated carbocycles. The van der Waals surface area contributed by atoms with Crippen LogP contribution in [0.15, 0.2) is 60.7 Å². The van der Waals surface area contributed by atoms with E-state index in [0.717, 1.165) is 22.4 Å². The number of ether oxygens (including phenoxy) is 2. The summed E-state index contributed by atoms with van der Waals surface area (Å²) in [6.07, 6.45) is -0.734. The van der Waals surface area contributed by atoms with Crippen molar-refractivity contribution >= 4 is 28.5 Å². The molecular weight excluding hydrogens is 454 g/mol. The maximum atomic E-state index is 12.7. The molecule has 0 bridgehead atoms. The summed E-state index contributed by atoms with van der Waals surface area (Å²) < 4.78 is 29.0. The van der Waals surface area contributed by atoms with Gasteiger partial charge in [0.2, 0.25) is 0 Å². The van der Waals surface area contributed by atoms with Crippen LogP contribution in [0.25, 0.3) is 0 Å². The Balaban J connectivity index is 1.62. The van der Waals surface area contributed by atoms with Crippen LogP contribution in [0.5, 0.6) is 17.2 Å². The van der Waals surface area contributed by atoms with Gasteiger partial charge in [-0.2, -0.15) is 4.21 Å². The molecule has 34 heavy (non-hydrogen) atoms. The standard InChI is InChI=1S/C25H29N3O5S/c1-16-6-9-20(10-7-16)27-28-34(30)33-24-15-21(11-13-23(24)31-5)26-25(29)19(4)32-22-12-8-17(2)14-18(22)3/h6-15,19,27-28H,1-5H3,(H,26,29). The van der Waals surface area contributed by atoms with Gasteiger partial charge in [0.15, 0.2) is 17.6 Å². The normalized spacial score (nSPS) is 12.4. The number of benzene rings is 3. The Morgan fingerprint density at radius 3 is 2.18 bits per heavy atom. The molecule has 9 heteroatoms. The van der Waals surface area contributed by atoms with Crippen LogP contribution in [0.4, 0.5) is 11.4 Å². The molecule has 0 fully saturated rings. The van der Waals surface area contributed by atoms with E-state index in [1.807, 2.05) is 63.2 Å². The minimum absolute atomic E-state index is 0.194. The lowest BCUT2D eigenvalue weighted by molar-refractivity contribution is -0.122. The molecule has 180 valence electrons. The molecule has 3 aromatic rings. The summed E-state index contributed by atoms with van der Waals surface area (Å²) >= 11 is -1.93. The Labute approximate surface area is 202 Å². The van der Waals surface area contributed by atoms with Gasteiger partial charge in [-0.25, -0.2) is 0 Å². The predicted octanol–water partition coefficient (Wildman–Crippen LogP) is 4.60. The maximum Gasteiger partial charge on any atom is 0.306 e. The van der Waals surface area contributed by atoms with Gasteiger partial charge in [-0.15, -0.1) is 4.83 Å². The van der Waals surface area contributed by atoms with Crippen LogP contribution in [0.1, 0.15) is 23.6 Å². The number of methoxy groups -OCH3 is 1. The summed E-state index contributed by atoms with van der Waals surface area (Å²) in [7, 11) is 1.47. The number of nitrogens with one attached hydrogen (secondary N) is 3. The minimum Gasteiger partial charge on any atom is -0.493 e. The first-order chi connectivity index (χ1) is 16.2. The second-order valence-corrected chi connectivity index (χ2v) is 8.64. The Bertz CT molecular complexity index is 1170. The summed E-state index contributed by atoms with van der Waals surface area (Å²) in [6.45, 7) is 7.58. The Morgan fingerprint density at radius 1 is 0.853 bits per heavy atom. The molecule has 1 amide bonds. The van der Waals surface area contributed by atoms with Crippen LogP contribution in [0, 0.1) is 20.8 Å². The fourth-order valence-electron chi connectivity index (χ4n) is 3.08. The number of carbonyl (C=O) groups excluding carboxylic acids is 1. The summed E-state index contributed by atoms with van der Waals surface area (Å²) in [5.41, 5.74) is 7.18. The first-order valence-corrected chi connectivity index (χ1v) is 11.7. The molecule has 0 aromatic heterocycles. The van der Waals surface area contributed by atoms with Crippen molar-refractivity contribution in [3.05, 3.63) is 77.4 Å². The van der Waals surface area contributed by atoms with Gasteiger partial charge in [0.05, 0.1) is 7.11 Å². The van der Waals surface area contributed by atoms with Gasteiger partial charge in [-0.3, -0.25) is 4.79 Å². The number of anilines is 2. The van der Waals surface area contributed by atoms with E-state index in [9.17, 15) is 9.00 Å². The van der Waals surface area contributed by atoms with E-state index in [0.29, 0.717) is 17.2 Å². The number of carbonyl (C=O) groups is 1. The topological polar surface area (TPSA) is 97.9 Å². The zero-order chi connectivity index (χ0) is 24.7. The fourth-order valence-corrected chi connectivity index (χ4v) is 3.62. The maximum absolute atomic E-state index is 12.7. The van der Waals surface area contributed by atoms with Crippen molar-refractivity contribution in [2.24, 2.45) is 0 Å². The quantitative estimate of drug-likeness (QED) is 0.365. The molecule has 0 aliphatic heterocycles. The molecule has 0 spiro atoms. The van der Waals surface area contributed by atoms with Crippen LogP contribution in [0.2, 0.25) is 0 Å². The highest BCUT2D eigenvalue weighted by atomic mass is 32.2. The van der Waals surface area contributed by atoms with Crippen molar-refractivity contribution in [1.82, 2.24) is 4.83 Å². The highest BCUT2D eigenvalue weighted by molar-refractivity contribution is 7.78. The summed E-state index contributed by atoms with van der Waals surface area (Å²) in [5, 5.41) is 2.79. The van der Waals surface area contributed by atoms with E-state index < -0.39 is 17.4 Å². The van der Waals surface area contributed by atoms with E-state index in [2.05, 4.69) is 15.6 Å². The van der Waals surface area contributed by atoms with Crippen LogP contribution < -0.4 is 29.2 Å². The van der Waals surface area contributed by atoms with Crippen molar-refractivity contribution in [3.63, 3.8) is 0 Å². The van der Waals surface area contributed by atoms with Crippen LogP contribution >= 0.6 is 0 Å². The lowest BCUT2D eigenvalue weighted by Crippen LogP contribution is -2.30. The molecule has 8 nitrogen and oxygen atoms in total. The zero-order valence-corrected chi connectivity index (χ0v) is 20.6. The number of hydrogen-bond donors (Lipinski definition) is 3. The highest BCUT2D eigenvalue weighted by Gasteiger charge is 2.18. The highest BCUT2D eigenvalue weighted by Crippen LogP contribution is 2.31. The molecule has 0 heterocycles. The second kappa shape index (κ2) is 11.5. The third-order valence-electron chi connectivity index (χ3n) is 4.93. The number of rotatable bonds is 10. The van der Waals surface area contributed by atoms with E-state index in [1.54, 1.807) is 19.1 Å². The largest absolute Gasteiger partial charge is 0.493 e. The molecule has 2 unspecified atom stereocenters. The van der Waals surface area contributed by atoms with Crippen molar-refractivity contribution in [1.29, 1.82) is 0 Å². The van der Waals surface area contributed by atoms with Crippen LogP contribution in [-0.2, 0) is 16.1 Å². The van der Waals surface area contributed by atoms with E-state index >= 15 is 0 Å². The number of hydrogen-bond acceptors (Lipinski definition) is 6. The molecule has 3 aromatic carbocycles. The fraction of sp³-hybridized carbons (Fsp3) is 0.240. The number of hydrazine groups is 1. The van der Waals surface area contributed by atoms with Crippen molar-refractivity contribution in [2.75, 3.05) is 17.9 Å². The Morgan fingerprint density at radius 2 is 1.50 bits per heavy atom. The molecule has 0 aliphatic rings. The first kappa shape index (κ1) is 25.1. The molecule has 3 rings (SSSR count). The SMILES string of the molecule is COc1ccc(NC(=O)C(C)Oc2ccc(C)cc2C)cc1OS(=O)NNc1ccc(C)cc1. The van der Waals surface area contributed by atoms with Gasteiger partial charge in [0, 0.05) is 17.4 Å². The number of amides is 1. The van der Waals surface area contributed by atoms with Gasteiger partial charge in [-0.05, 0) is 63.6 Å². The lowest BCUT2D eigenvalue weighted by Gasteiger charge is -2.17. The van der Waals surface area contributed by atoms with Gasteiger partial charge >= 0.3 is 11.3 Å². The lowest BCUT2D eigenvalue weighted by atomic mass is 10.1. The first-order valence-electron chi connectivity index (χ1n) is 10.7. The Kier molecular flexibility index (Phi) is 8.50. The predicted molar refractivity (Wildman–Crippen MR) is 134 cm³/mol. The zero-order valence-electron chi connectivity index (χ0n) is 19.8. The minimum atomic E-state index is -1.93. The molecule has 0 saturated heterocycles. The average Bonchev–Trinajstić information content (AvgIpc) is 2.80. The van der Waals surface area contributed by atoms with Gasteiger partial charge < -0.3 is 24.4 Å². The van der Waals surface area contributed by atoms with Gasteiger partial charge in [0.25, 0.3) is 5.91 Å². The van der Waals surface area contributed by atoms with E-state index in [1.165, 1.54) is 13.2 Å². The summed E-state index contributed by atoms with van der Waals surface area (Å²) in [5.74, 6) is 0.869. The number of aryl methyl sites for hydroxylation is 3. The van der Waals surface area contributed by atoms with Gasteiger partial charge in [-0.1, -0.05) is 35.4 Å².